The van der Waals surface area contributed by atoms with Crippen LogP contribution in [0.1, 0.15) is 68.7 Å². The first-order valence-electron chi connectivity index (χ1n) is 14.8. The smallest absolute Gasteiger partial charge is 0.267 e. The summed E-state index contributed by atoms with van der Waals surface area (Å²) in [6.45, 7) is 7.22. The highest BCUT2D eigenvalue weighted by molar-refractivity contribution is 6.08. The zero-order chi connectivity index (χ0) is 33.9. The maximum atomic E-state index is 14.3. The molecule has 2 aromatic carbocycles. The van der Waals surface area contributed by atoms with E-state index in [1.165, 1.54) is 34.9 Å². The van der Waals surface area contributed by atoms with E-state index in [4.69, 9.17) is 21.9 Å². The van der Waals surface area contributed by atoms with E-state index in [1.807, 2.05) is 20.8 Å². The second-order valence-electron chi connectivity index (χ2n) is 11.7. The minimum Gasteiger partial charge on any atom is -0.402 e. The second-order valence-corrected chi connectivity index (χ2v) is 11.7. The Kier molecular flexibility index (Phi) is 10.1. The summed E-state index contributed by atoms with van der Waals surface area (Å²) in [7, 11) is 0. The van der Waals surface area contributed by atoms with Crippen LogP contribution in [0.2, 0.25) is 0 Å². The van der Waals surface area contributed by atoms with E-state index in [-0.39, 0.29) is 46.3 Å². The number of anilines is 1. The fourth-order valence-corrected chi connectivity index (χ4v) is 5.30. The molecule has 0 bridgehead atoms. The summed E-state index contributed by atoms with van der Waals surface area (Å²) in [6.07, 6.45) is 3.26. The van der Waals surface area contributed by atoms with Crippen LogP contribution in [0.15, 0.2) is 64.0 Å². The van der Waals surface area contributed by atoms with Gasteiger partial charge in [-0.2, -0.15) is 0 Å². The molecule has 0 aliphatic rings. The summed E-state index contributed by atoms with van der Waals surface area (Å²) in [6, 6.07) is 9.66. The third-order valence-electron chi connectivity index (χ3n) is 7.55. The summed E-state index contributed by atoms with van der Waals surface area (Å²) >= 11 is 0. The number of hydrogen-bond acceptors (Lipinski definition) is 7. The number of nitrogens with two attached hydrogens (primary N) is 2. The molecule has 4 rings (SSSR count). The highest BCUT2D eigenvalue weighted by Crippen LogP contribution is 2.32. The number of nitrogen functional groups attached to an aromatic ring is 1. The van der Waals surface area contributed by atoms with Gasteiger partial charge in [0.2, 0.25) is 0 Å². The lowest BCUT2D eigenvalue weighted by molar-refractivity contribution is 0.0327. The number of rotatable bonds is 11. The molecule has 5 N–H and O–H groups in total. The third-order valence-corrected chi connectivity index (χ3v) is 7.55. The van der Waals surface area contributed by atoms with Crippen molar-refractivity contribution < 1.29 is 17.6 Å². The number of halogens is 4. The maximum Gasteiger partial charge on any atom is 0.267 e. The van der Waals surface area contributed by atoms with Crippen molar-refractivity contribution in [1.82, 2.24) is 14.5 Å². The molecule has 0 aliphatic heterocycles. The van der Waals surface area contributed by atoms with Crippen LogP contribution in [0.3, 0.4) is 0 Å². The van der Waals surface area contributed by atoms with Crippen molar-refractivity contribution in [3.63, 3.8) is 0 Å². The predicted molar refractivity (Wildman–Crippen MR) is 174 cm³/mol. The van der Waals surface area contributed by atoms with Crippen LogP contribution in [0.4, 0.5) is 23.2 Å². The minimum absolute atomic E-state index is 0.0138. The molecule has 1 atom stereocenters. The number of allylic oxidation sites excluding steroid dienone is 2. The van der Waals surface area contributed by atoms with Gasteiger partial charge < -0.3 is 16.9 Å². The molecule has 242 valence electrons. The fourth-order valence-electron chi connectivity index (χ4n) is 5.30. The SMILES string of the molecule is CCc1ccc(-n2c(C(Cc3cc(F)cc(F)c3)C(C)C)nc3nc(C(C=C(C)N)=NCC(C)(F)F)ccc3c2=O)c(N)c1C=N. The highest BCUT2D eigenvalue weighted by atomic mass is 19.3. The van der Waals surface area contributed by atoms with Crippen LogP contribution in [0.25, 0.3) is 16.7 Å². The van der Waals surface area contributed by atoms with Crippen LogP contribution in [0.5, 0.6) is 0 Å². The van der Waals surface area contributed by atoms with E-state index in [0.717, 1.165) is 24.8 Å². The molecule has 0 saturated heterocycles. The molecular formula is C34H37F4N7O. The van der Waals surface area contributed by atoms with Crippen LogP contribution in [-0.2, 0) is 12.8 Å². The van der Waals surface area contributed by atoms with E-state index in [0.29, 0.717) is 28.9 Å². The first-order chi connectivity index (χ1) is 21.6. The number of pyridine rings is 1. The first kappa shape index (κ1) is 34.0. The molecule has 0 saturated carbocycles. The van der Waals surface area contributed by atoms with Crippen LogP contribution in [-0.4, -0.2) is 38.9 Å². The largest absolute Gasteiger partial charge is 0.402 e. The highest BCUT2D eigenvalue weighted by Gasteiger charge is 2.27. The lowest BCUT2D eigenvalue weighted by atomic mass is 9.87. The van der Waals surface area contributed by atoms with Gasteiger partial charge in [-0.05, 0) is 73.2 Å². The number of nitrogens with one attached hydrogen (secondary N) is 1. The summed E-state index contributed by atoms with van der Waals surface area (Å²) < 4.78 is 57.3. The fraction of sp³-hybridized carbons (Fsp3) is 0.324. The summed E-state index contributed by atoms with van der Waals surface area (Å²) in [4.78, 5) is 27.8. The van der Waals surface area contributed by atoms with E-state index in [1.54, 1.807) is 19.1 Å². The van der Waals surface area contributed by atoms with E-state index >= 15 is 0 Å². The molecular weight excluding hydrogens is 598 g/mol. The van der Waals surface area contributed by atoms with Gasteiger partial charge in [0.25, 0.3) is 11.5 Å². The number of alkyl halides is 2. The second kappa shape index (κ2) is 13.6. The van der Waals surface area contributed by atoms with Crippen molar-refractivity contribution in [1.29, 1.82) is 5.41 Å². The van der Waals surface area contributed by atoms with Gasteiger partial charge in [0.05, 0.1) is 28.2 Å². The minimum atomic E-state index is -3.08. The van der Waals surface area contributed by atoms with E-state index in [9.17, 15) is 22.4 Å². The molecule has 0 fully saturated rings. The van der Waals surface area contributed by atoms with Gasteiger partial charge in [0, 0.05) is 36.4 Å². The number of benzene rings is 2. The molecule has 0 radical (unpaired) electrons. The van der Waals surface area contributed by atoms with Gasteiger partial charge in [-0.25, -0.2) is 27.5 Å². The normalized spacial score (nSPS) is 13.4. The van der Waals surface area contributed by atoms with E-state index in [2.05, 4.69) is 9.98 Å². The summed E-state index contributed by atoms with van der Waals surface area (Å²) in [5, 5.41) is 8.10. The quantitative estimate of drug-likeness (QED) is 0.0984. The van der Waals surface area contributed by atoms with Gasteiger partial charge in [-0.15, -0.1) is 0 Å². The molecule has 1 unspecified atom stereocenters. The summed E-state index contributed by atoms with van der Waals surface area (Å²) in [5.41, 5.74) is 14.6. The van der Waals surface area contributed by atoms with Crippen molar-refractivity contribution in [2.24, 2.45) is 16.6 Å². The van der Waals surface area contributed by atoms with Gasteiger partial charge in [-0.1, -0.05) is 26.8 Å². The number of hydrogen-bond donors (Lipinski definition) is 3. The first-order valence-corrected chi connectivity index (χ1v) is 14.8. The van der Waals surface area contributed by atoms with Crippen molar-refractivity contribution in [3.8, 4) is 5.69 Å². The topological polar surface area (TPSA) is 136 Å². The molecule has 2 aromatic heterocycles. The molecule has 8 nitrogen and oxygen atoms in total. The standard InChI is InChI=1S/C34H37F4N7O/c1-6-21-7-10-29(30(41)26(21)16-39)45-32(25(18(2)3)14-20-12-22(35)15-23(36)13-20)44-31-24(33(45)46)8-9-27(43-31)28(11-19(4)40)42-17-34(5,37)38/h7-13,15-16,18,25,39H,6,14,17,40-41H2,1-5H3. The zero-order valence-corrected chi connectivity index (χ0v) is 26.3. The monoisotopic (exact) mass is 635 g/mol. The lowest BCUT2D eigenvalue weighted by Gasteiger charge is -2.26. The van der Waals surface area contributed by atoms with Gasteiger partial charge in [0.15, 0.2) is 5.65 Å². The molecule has 2 heterocycles. The Morgan fingerprint density at radius 1 is 1.11 bits per heavy atom. The Morgan fingerprint density at radius 2 is 1.78 bits per heavy atom. The van der Waals surface area contributed by atoms with Crippen LogP contribution in [0, 0.1) is 23.0 Å². The Labute approximate surface area is 264 Å². The predicted octanol–water partition coefficient (Wildman–Crippen LogP) is 6.49. The van der Waals surface area contributed by atoms with Crippen molar-refractivity contribution in [3.05, 3.63) is 104 Å². The van der Waals surface area contributed by atoms with Crippen molar-refractivity contribution >= 4 is 28.6 Å². The van der Waals surface area contributed by atoms with Crippen molar-refractivity contribution in [2.75, 3.05) is 12.3 Å². The van der Waals surface area contributed by atoms with Crippen molar-refractivity contribution in [2.45, 2.75) is 59.3 Å². The Hall–Kier alpha value is -4.87. The van der Waals surface area contributed by atoms with Gasteiger partial charge in [0.1, 0.15) is 24.0 Å². The van der Waals surface area contributed by atoms with Gasteiger partial charge >= 0.3 is 0 Å². The number of aromatic nitrogens is 3. The summed E-state index contributed by atoms with van der Waals surface area (Å²) in [5.74, 6) is -5.12. The molecule has 0 spiro atoms. The Morgan fingerprint density at radius 3 is 2.35 bits per heavy atom. The average molecular weight is 636 g/mol. The van der Waals surface area contributed by atoms with Crippen LogP contribution < -0.4 is 17.0 Å². The maximum absolute atomic E-state index is 14.3. The zero-order valence-electron chi connectivity index (χ0n) is 26.3. The Balaban J connectivity index is 2.06. The molecule has 12 heteroatoms. The molecule has 4 aromatic rings. The Bertz CT molecular complexity index is 1880. The number of fused-ring (bicyclic) bond motifs is 1. The van der Waals surface area contributed by atoms with Crippen LogP contribution >= 0.6 is 0 Å². The third kappa shape index (κ3) is 7.49. The lowest BCUT2D eigenvalue weighted by Crippen LogP contribution is -2.29. The molecule has 0 aliphatic carbocycles. The number of aliphatic imine (C=N–C) groups is 1. The number of nitrogens with zero attached hydrogens (tertiary/aromatic N) is 4. The van der Waals surface area contributed by atoms with Gasteiger partial charge in [-0.3, -0.25) is 14.4 Å². The average Bonchev–Trinajstić information content (AvgIpc) is 2.96. The number of aryl methyl sites for hydroxylation is 1. The molecule has 46 heavy (non-hydrogen) atoms. The molecule has 0 amide bonds. The van der Waals surface area contributed by atoms with E-state index < -0.39 is 35.6 Å².